The van der Waals surface area contributed by atoms with E-state index in [9.17, 15) is 9.59 Å². The summed E-state index contributed by atoms with van der Waals surface area (Å²) in [4.78, 5) is 23.0. The summed E-state index contributed by atoms with van der Waals surface area (Å²) >= 11 is 0. The van der Waals surface area contributed by atoms with Gasteiger partial charge in [0.05, 0.1) is 0 Å². The van der Waals surface area contributed by atoms with Gasteiger partial charge in [0.1, 0.15) is 0 Å². The first-order valence-electron chi connectivity index (χ1n) is 5.68. The fraction of sp³-hybridized carbons (Fsp3) is 0.833. The van der Waals surface area contributed by atoms with E-state index in [2.05, 4.69) is 10.6 Å². The summed E-state index contributed by atoms with van der Waals surface area (Å²) < 4.78 is 0. The maximum absolute atomic E-state index is 11.6. The molecular formula is C12H24N2O2. The first kappa shape index (κ1) is 14.9. The molecule has 0 fully saturated rings. The fourth-order valence-electron chi connectivity index (χ4n) is 2.03. The Bertz CT molecular complexity index is 270. The number of carbonyl (C=O) groups is 2. The van der Waals surface area contributed by atoms with Crippen LogP contribution in [0, 0.1) is 5.41 Å². The third kappa shape index (κ3) is 4.64. The lowest BCUT2D eigenvalue weighted by Gasteiger charge is -2.34. The average Bonchev–Trinajstić information content (AvgIpc) is 2.13. The number of rotatable bonds is 5. The molecule has 0 aromatic carbocycles. The van der Waals surface area contributed by atoms with E-state index in [1.807, 2.05) is 34.6 Å². The topological polar surface area (TPSA) is 58.2 Å². The van der Waals surface area contributed by atoms with E-state index in [1.54, 1.807) is 7.05 Å². The normalized spacial score (nSPS) is 12.1. The second-order valence-corrected chi connectivity index (χ2v) is 5.43. The van der Waals surface area contributed by atoms with Crippen molar-refractivity contribution in [2.24, 2.45) is 5.41 Å². The standard InChI is InChI=1S/C12H24N2O2/c1-7-9(15)14-12(4,5)8-11(2,3)10(16)13-6/h7-8H2,1-6H3,(H,13,16)(H,14,15). The average molecular weight is 228 g/mol. The monoisotopic (exact) mass is 228 g/mol. The van der Waals surface area contributed by atoms with Crippen molar-refractivity contribution in [3.63, 3.8) is 0 Å². The Kier molecular flexibility index (Phi) is 4.97. The van der Waals surface area contributed by atoms with Gasteiger partial charge in [0, 0.05) is 24.4 Å². The molecule has 0 aromatic heterocycles. The predicted octanol–water partition coefficient (Wildman–Crippen LogP) is 1.45. The Morgan fingerprint density at radius 1 is 1.12 bits per heavy atom. The molecule has 4 heteroatoms. The SMILES string of the molecule is CCC(=O)NC(C)(C)CC(C)(C)C(=O)NC. The summed E-state index contributed by atoms with van der Waals surface area (Å²) in [5.74, 6) is 0.00373. The van der Waals surface area contributed by atoms with Crippen molar-refractivity contribution in [2.45, 2.75) is 53.0 Å². The molecule has 0 aliphatic heterocycles. The minimum atomic E-state index is -0.487. The van der Waals surface area contributed by atoms with E-state index in [4.69, 9.17) is 0 Å². The largest absolute Gasteiger partial charge is 0.359 e. The lowest BCUT2D eigenvalue weighted by atomic mass is 9.79. The minimum absolute atomic E-state index is 0.00803. The van der Waals surface area contributed by atoms with Crippen molar-refractivity contribution in [2.75, 3.05) is 7.05 Å². The molecule has 2 amide bonds. The summed E-state index contributed by atoms with van der Waals surface area (Å²) in [5, 5.41) is 5.57. The van der Waals surface area contributed by atoms with Crippen molar-refractivity contribution in [3.05, 3.63) is 0 Å². The van der Waals surface area contributed by atoms with Crippen molar-refractivity contribution >= 4 is 11.8 Å². The number of amides is 2. The van der Waals surface area contributed by atoms with Gasteiger partial charge < -0.3 is 10.6 Å². The Morgan fingerprint density at radius 2 is 1.62 bits per heavy atom. The van der Waals surface area contributed by atoms with E-state index < -0.39 is 5.41 Å². The van der Waals surface area contributed by atoms with Gasteiger partial charge in [0.2, 0.25) is 11.8 Å². The lowest BCUT2D eigenvalue weighted by Crippen LogP contribution is -2.49. The molecule has 0 atom stereocenters. The van der Waals surface area contributed by atoms with Gasteiger partial charge in [-0.3, -0.25) is 9.59 Å². The number of nitrogens with one attached hydrogen (secondary N) is 2. The third-order valence-corrected chi connectivity index (χ3v) is 2.52. The molecule has 0 spiro atoms. The molecule has 0 aliphatic rings. The molecule has 4 nitrogen and oxygen atoms in total. The van der Waals surface area contributed by atoms with Crippen LogP contribution in [0.25, 0.3) is 0 Å². The second kappa shape index (κ2) is 5.32. The highest BCUT2D eigenvalue weighted by molar-refractivity contribution is 5.82. The van der Waals surface area contributed by atoms with Crippen LogP contribution in [0.15, 0.2) is 0 Å². The van der Waals surface area contributed by atoms with Crippen molar-refractivity contribution in [1.82, 2.24) is 10.6 Å². The summed E-state index contributed by atoms with van der Waals surface area (Å²) in [7, 11) is 1.63. The van der Waals surface area contributed by atoms with Crippen LogP contribution in [0.1, 0.15) is 47.5 Å². The fourth-order valence-corrected chi connectivity index (χ4v) is 2.03. The van der Waals surface area contributed by atoms with E-state index in [-0.39, 0.29) is 17.4 Å². The minimum Gasteiger partial charge on any atom is -0.359 e. The van der Waals surface area contributed by atoms with Crippen molar-refractivity contribution in [1.29, 1.82) is 0 Å². The van der Waals surface area contributed by atoms with Gasteiger partial charge in [-0.15, -0.1) is 0 Å². The van der Waals surface area contributed by atoms with Crippen LogP contribution in [0.2, 0.25) is 0 Å². The molecule has 0 saturated heterocycles. The quantitative estimate of drug-likeness (QED) is 0.748. The molecule has 0 radical (unpaired) electrons. The highest BCUT2D eigenvalue weighted by Gasteiger charge is 2.34. The highest BCUT2D eigenvalue weighted by atomic mass is 16.2. The zero-order valence-corrected chi connectivity index (χ0v) is 11.2. The molecule has 0 aliphatic carbocycles. The molecular weight excluding hydrogens is 204 g/mol. The van der Waals surface area contributed by atoms with Gasteiger partial charge in [-0.05, 0) is 20.3 Å². The zero-order chi connectivity index (χ0) is 13.0. The van der Waals surface area contributed by atoms with Crippen molar-refractivity contribution < 1.29 is 9.59 Å². The van der Waals surface area contributed by atoms with E-state index in [0.717, 1.165) is 0 Å². The molecule has 0 saturated carbocycles. The zero-order valence-electron chi connectivity index (χ0n) is 11.2. The molecule has 2 N–H and O–H groups in total. The van der Waals surface area contributed by atoms with Crippen LogP contribution < -0.4 is 10.6 Å². The van der Waals surface area contributed by atoms with Gasteiger partial charge in [0.15, 0.2) is 0 Å². The van der Waals surface area contributed by atoms with Crippen LogP contribution in [0.3, 0.4) is 0 Å². The Morgan fingerprint density at radius 3 is 2.00 bits per heavy atom. The summed E-state index contributed by atoms with van der Waals surface area (Å²) in [6.45, 7) is 9.45. The Labute approximate surface area is 98.2 Å². The van der Waals surface area contributed by atoms with Crippen LogP contribution in [0.5, 0.6) is 0 Å². The molecule has 0 rings (SSSR count). The lowest BCUT2D eigenvalue weighted by molar-refractivity contribution is -0.131. The maximum atomic E-state index is 11.6. The third-order valence-electron chi connectivity index (χ3n) is 2.52. The smallest absolute Gasteiger partial charge is 0.225 e. The Balaban J connectivity index is 4.56. The second-order valence-electron chi connectivity index (χ2n) is 5.43. The molecule has 0 aromatic rings. The number of hydrogen-bond donors (Lipinski definition) is 2. The van der Waals surface area contributed by atoms with Crippen LogP contribution in [-0.4, -0.2) is 24.4 Å². The van der Waals surface area contributed by atoms with Gasteiger partial charge >= 0.3 is 0 Å². The van der Waals surface area contributed by atoms with Gasteiger partial charge in [-0.2, -0.15) is 0 Å². The first-order chi connectivity index (χ1) is 7.14. The molecule has 16 heavy (non-hydrogen) atoms. The maximum Gasteiger partial charge on any atom is 0.225 e. The predicted molar refractivity (Wildman–Crippen MR) is 65.0 cm³/mol. The molecule has 0 unspecified atom stereocenters. The number of carbonyl (C=O) groups excluding carboxylic acids is 2. The van der Waals surface area contributed by atoms with Crippen LogP contribution in [-0.2, 0) is 9.59 Å². The van der Waals surface area contributed by atoms with E-state index >= 15 is 0 Å². The van der Waals surface area contributed by atoms with E-state index in [1.165, 1.54) is 0 Å². The van der Waals surface area contributed by atoms with Gasteiger partial charge in [0.25, 0.3) is 0 Å². The van der Waals surface area contributed by atoms with Crippen LogP contribution >= 0.6 is 0 Å². The molecule has 94 valence electrons. The van der Waals surface area contributed by atoms with Gasteiger partial charge in [-0.25, -0.2) is 0 Å². The van der Waals surface area contributed by atoms with Crippen LogP contribution in [0.4, 0.5) is 0 Å². The summed E-state index contributed by atoms with van der Waals surface area (Å²) in [6, 6.07) is 0. The van der Waals surface area contributed by atoms with E-state index in [0.29, 0.717) is 12.8 Å². The Hall–Kier alpha value is -1.06. The molecule has 0 bridgehead atoms. The van der Waals surface area contributed by atoms with Crippen molar-refractivity contribution in [3.8, 4) is 0 Å². The highest BCUT2D eigenvalue weighted by Crippen LogP contribution is 2.28. The molecule has 0 heterocycles. The summed E-state index contributed by atoms with van der Waals surface area (Å²) in [6.07, 6.45) is 1.06. The van der Waals surface area contributed by atoms with Gasteiger partial charge in [-0.1, -0.05) is 20.8 Å². The first-order valence-corrected chi connectivity index (χ1v) is 5.68. The summed E-state index contributed by atoms with van der Waals surface area (Å²) in [5.41, 5.74) is -0.859. The number of hydrogen-bond acceptors (Lipinski definition) is 2.